The normalized spacial score (nSPS) is 19.5. The van der Waals surface area contributed by atoms with Crippen molar-refractivity contribution in [3.8, 4) is 5.75 Å². The van der Waals surface area contributed by atoms with Crippen molar-refractivity contribution in [1.29, 1.82) is 0 Å². The van der Waals surface area contributed by atoms with Crippen LogP contribution in [0.3, 0.4) is 0 Å². The number of benzene rings is 2. The monoisotopic (exact) mass is 369 g/mol. The second kappa shape index (κ2) is 6.50. The molecule has 0 N–H and O–H groups in total. The van der Waals surface area contributed by atoms with Gasteiger partial charge in [-0.1, -0.05) is 23.7 Å². The van der Waals surface area contributed by atoms with Crippen LogP contribution in [-0.2, 0) is 14.3 Å². The number of carbonyl (C=O) groups is 2. The van der Waals surface area contributed by atoms with Gasteiger partial charge in [-0.25, -0.2) is 4.79 Å². The van der Waals surface area contributed by atoms with Crippen molar-refractivity contribution in [2.24, 2.45) is 0 Å². The molecule has 1 amide bonds. The summed E-state index contributed by atoms with van der Waals surface area (Å²) in [4.78, 5) is 26.9. The van der Waals surface area contributed by atoms with Gasteiger partial charge in [0.1, 0.15) is 12.4 Å². The summed E-state index contributed by atoms with van der Waals surface area (Å²) in [6, 6.07) is 14.4. The van der Waals surface area contributed by atoms with E-state index in [1.807, 2.05) is 24.3 Å². The Morgan fingerprint density at radius 1 is 1.15 bits per heavy atom. The third-order valence-corrected chi connectivity index (χ3v) is 4.95. The van der Waals surface area contributed by atoms with Crippen LogP contribution in [0.2, 0.25) is 5.02 Å². The van der Waals surface area contributed by atoms with Gasteiger partial charge in [-0.15, -0.1) is 0 Å². The highest BCUT2D eigenvalue weighted by atomic mass is 35.5. The number of nitrogens with zero attached hydrogens (tertiary/aromatic N) is 1. The highest BCUT2D eigenvalue weighted by Gasteiger charge is 2.43. The SMILES string of the molecule is COc1cccc([C@@H]2CC(=O)N(c3ccc(Cl)cc3)C3=C2C(=O)OC3)c1. The molecule has 132 valence electrons. The van der Waals surface area contributed by atoms with E-state index in [4.69, 9.17) is 21.1 Å². The van der Waals surface area contributed by atoms with Gasteiger partial charge in [-0.3, -0.25) is 9.69 Å². The Morgan fingerprint density at radius 2 is 1.92 bits per heavy atom. The smallest absolute Gasteiger partial charge is 0.336 e. The van der Waals surface area contributed by atoms with Gasteiger partial charge < -0.3 is 9.47 Å². The first-order valence-electron chi connectivity index (χ1n) is 8.21. The van der Waals surface area contributed by atoms with Crippen LogP contribution in [0, 0.1) is 0 Å². The molecule has 0 spiro atoms. The highest BCUT2D eigenvalue weighted by Crippen LogP contribution is 2.42. The lowest BCUT2D eigenvalue weighted by atomic mass is 9.84. The van der Waals surface area contributed by atoms with Crippen LogP contribution in [0.5, 0.6) is 5.75 Å². The first-order valence-corrected chi connectivity index (χ1v) is 8.59. The minimum atomic E-state index is -0.376. The number of rotatable bonds is 3. The average molecular weight is 370 g/mol. The van der Waals surface area contributed by atoms with Crippen molar-refractivity contribution < 1.29 is 19.1 Å². The summed E-state index contributed by atoms with van der Waals surface area (Å²) < 4.78 is 10.5. The summed E-state index contributed by atoms with van der Waals surface area (Å²) in [7, 11) is 1.59. The van der Waals surface area contributed by atoms with Crippen LogP contribution in [0.4, 0.5) is 5.69 Å². The topological polar surface area (TPSA) is 55.8 Å². The zero-order valence-corrected chi connectivity index (χ0v) is 14.8. The molecule has 1 atom stereocenters. The van der Waals surface area contributed by atoms with Gasteiger partial charge in [-0.2, -0.15) is 0 Å². The van der Waals surface area contributed by atoms with E-state index in [-0.39, 0.29) is 30.8 Å². The summed E-state index contributed by atoms with van der Waals surface area (Å²) >= 11 is 5.95. The maximum absolute atomic E-state index is 12.9. The molecule has 6 heteroatoms. The molecule has 0 bridgehead atoms. The van der Waals surface area contributed by atoms with Crippen molar-refractivity contribution in [2.75, 3.05) is 18.6 Å². The molecule has 26 heavy (non-hydrogen) atoms. The van der Waals surface area contributed by atoms with E-state index in [9.17, 15) is 9.59 Å². The molecule has 0 saturated carbocycles. The predicted octanol–water partition coefficient (Wildman–Crippen LogP) is 3.68. The quantitative estimate of drug-likeness (QED) is 0.774. The van der Waals surface area contributed by atoms with Gasteiger partial charge in [0.25, 0.3) is 0 Å². The molecular formula is C20H16ClNO4. The number of hydrogen-bond donors (Lipinski definition) is 0. The molecule has 2 aliphatic heterocycles. The van der Waals surface area contributed by atoms with Crippen LogP contribution in [0.1, 0.15) is 17.9 Å². The summed E-state index contributed by atoms with van der Waals surface area (Å²) in [5.74, 6) is -0.119. The fourth-order valence-corrected chi connectivity index (χ4v) is 3.61. The molecule has 0 saturated heterocycles. The van der Waals surface area contributed by atoms with E-state index in [1.54, 1.807) is 36.3 Å². The third kappa shape index (κ3) is 2.74. The largest absolute Gasteiger partial charge is 0.497 e. The lowest BCUT2D eigenvalue weighted by Crippen LogP contribution is -2.37. The molecule has 2 aliphatic rings. The zero-order valence-electron chi connectivity index (χ0n) is 14.1. The number of anilines is 1. The summed E-state index contributed by atoms with van der Waals surface area (Å²) in [6.07, 6.45) is 0.184. The maximum Gasteiger partial charge on any atom is 0.336 e. The van der Waals surface area contributed by atoms with Gasteiger partial charge >= 0.3 is 5.97 Å². The van der Waals surface area contributed by atoms with Crippen LogP contribution in [-0.4, -0.2) is 25.6 Å². The Labute approximate surface area is 155 Å². The fourth-order valence-electron chi connectivity index (χ4n) is 3.49. The fraction of sp³-hybridized carbons (Fsp3) is 0.200. The number of amides is 1. The van der Waals surface area contributed by atoms with Crippen LogP contribution >= 0.6 is 11.6 Å². The standard InChI is InChI=1S/C20H16ClNO4/c1-25-15-4-2-3-12(9-15)16-10-18(23)22(14-7-5-13(21)6-8-14)17-11-26-20(24)19(16)17/h2-9,16H,10-11H2,1H3/t16-/m0/s1. The maximum atomic E-state index is 12.9. The number of methoxy groups -OCH3 is 1. The summed E-state index contributed by atoms with van der Waals surface area (Å²) in [5, 5.41) is 0.584. The van der Waals surface area contributed by atoms with E-state index in [1.165, 1.54) is 0 Å². The Morgan fingerprint density at radius 3 is 2.65 bits per heavy atom. The molecule has 0 unspecified atom stereocenters. The number of halogens is 1. The molecule has 0 fully saturated rings. The molecule has 5 nitrogen and oxygen atoms in total. The lowest BCUT2D eigenvalue weighted by molar-refractivity contribution is -0.136. The van der Waals surface area contributed by atoms with Crippen molar-refractivity contribution in [1.82, 2.24) is 0 Å². The molecular weight excluding hydrogens is 354 g/mol. The summed E-state index contributed by atoms with van der Waals surface area (Å²) in [5.41, 5.74) is 2.67. The molecule has 0 aliphatic carbocycles. The number of ether oxygens (including phenoxy) is 2. The average Bonchev–Trinajstić information content (AvgIpc) is 3.04. The minimum absolute atomic E-state index is 0.0859. The van der Waals surface area contributed by atoms with E-state index < -0.39 is 0 Å². The molecule has 4 rings (SSSR count). The van der Waals surface area contributed by atoms with Crippen molar-refractivity contribution >= 4 is 29.2 Å². The molecule has 0 radical (unpaired) electrons. The van der Waals surface area contributed by atoms with Crippen LogP contribution < -0.4 is 9.64 Å². The van der Waals surface area contributed by atoms with E-state index in [2.05, 4.69) is 0 Å². The second-order valence-electron chi connectivity index (χ2n) is 6.18. The van der Waals surface area contributed by atoms with Gasteiger partial charge in [-0.05, 0) is 42.0 Å². The Kier molecular flexibility index (Phi) is 4.17. The Balaban J connectivity index is 1.81. The summed E-state index contributed by atoms with van der Waals surface area (Å²) in [6.45, 7) is 0.0863. The van der Waals surface area contributed by atoms with E-state index in [0.717, 1.165) is 5.56 Å². The lowest BCUT2D eigenvalue weighted by Gasteiger charge is -2.32. The molecule has 2 aromatic rings. The van der Waals surface area contributed by atoms with Crippen molar-refractivity contribution in [3.63, 3.8) is 0 Å². The first kappa shape index (κ1) is 16.7. The van der Waals surface area contributed by atoms with Crippen molar-refractivity contribution in [2.45, 2.75) is 12.3 Å². The Hall–Kier alpha value is -2.79. The van der Waals surface area contributed by atoms with Crippen LogP contribution in [0.25, 0.3) is 0 Å². The van der Waals surface area contributed by atoms with Gasteiger partial charge in [0.2, 0.25) is 5.91 Å². The van der Waals surface area contributed by atoms with E-state index in [0.29, 0.717) is 27.7 Å². The van der Waals surface area contributed by atoms with Crippen LogP contribution in [0.15, 0.2) is 59.8 Å². The number of carbonyl (C=O) groups excluding carboxylic acids is 2. The van der Waals surface area contributed by atoms with Crippen molar-refractivity contribution in [3.05, 3.63) is 70.4 Å². The molecule has 0 aromatic heterocycles. The number of esters is 1. The zero-order chi connectivity index (χ0) is 18.3. The van der Waals surface area contributed by atoms with E-state index >= 15 is 0 Å². The highest BCUT2D eigenvalue weighted by molar-refractivity contribution is 6.30. The predicted molar refractivity (Wildman–Crippen MR) is 97.3 cm³/mol. The number of cyclic esters (lactones) is 1. The van der Waals surface area contributed by atoms with Gasteiger partial charge in [0, 0.05) is 23.0 Å². The Bertz CT molecular complexity index is 920. The molecule has 2 heterocycles. The third-order valence-electron chi connectivity index (χ3n) is 4.70. The van der Waals surface area contributed by atoms with Gasteiger partial charge in [0.05, 0.1) is 18.4 Å². The van der Waals surface area contributed by atoms with Gasteiger partial charge in [0.15, 0.2) is 0 Å². The number of hydrogen-bond acceptors (Lipinski definition) is 4. The first-order chi connectivity index (χ1) is 12.6. The second-order valence-corrected chi connectivity index (χ2v) is 6.61. The minimum Gasteiger partial charge on any atom is -0.497 e. The molecule has 2 aromatic carbocycles.